The van der Waals surface area contributed by atoms with E-state index in [4.69, 9.17) is 5.73 Å². The molecule has 1 amide bonds. The molecule has 2 unspecified atom stereocenters. The highest BCUT2D eigenvalue weighted by molar-refractivity contribution is 5.94. The molecule has 0 radical (unpaired) electrons. The maximum absolute atomic E-state index is 13.4. The Morgan fingerprint density at radius 3 is 2.85 bits per heavy atom. The number of halogens is 1. The summed E-state index contributed by atoms with van der Waals surface area (Å²) in [6.45, 7) is 4.39. The minimum absolute atomic E-state index is 0.229. The van der Waals surface area contributed by atoms with Crippen LogP contribution in [0.4, 0.5) is 4.39 Å². The smallest absolute Gasteiger partial charge is 0.251 e. The number of amides is 1. The monoisotopic (exact) mass is 278 g/mol. The highest BCUT2D eigenvalue weighted by Gasteiger charge is 2.35. The Balaban J connectivity index is 2.16. The second-order valence-electron chi connectivity index (χ2n) is 6.16. The number of rotatable bonds is 3. The minimum atomic E-state index is -0.381. The van der Waals surface area contributed by atoms with Crippen molar-refractivity contribution in [2.75, 3.05) is 6.54 Å². The van der Waals surface area contributed by atoms with Crippen molar-refractivity contribution in [2.45, 2.75) is 45.1 Å². The summed E-state index contributed by atoms with van der Waals surface area (Å²) in [5, 5.41) is 3.05. The summed E-state index contributed by atoms with van der Waals surface area (Å²) < 4.78 is 13.4. The Kier molecular flexibility index (Phi) is 4.43. The van der Waals surface area contributed by atoms with Gasteiger partial charge in [0.1, 0.15) is 5.82 Å². The summed E-state index contributed by atoms with van der Waals surface area (Å²) in [5.41, 5.74) is 6.67. The third kappa shape index (κ3) is 3.37. The van der Waals surface area contributed by atoms with Crippen LogP contribution in [0.5, 0.6) is 0 Å². The van der Waals surface area contributed by atoms with E-state index in [9.17, 15) is 9.18 Å². The first kappa shape index (κ1) is 15.0. The zero-order valence-corrected chi connectivity index (χ0v) is 12.2. The zero-order chi connectivity index (χ0) is 14.8. The normalized spacial score (nSPS) is 26.3. The van der Waals surface area contributed by atoms with E-state index in [-0.39, 0.29) is 17.3 Å². The molecule has 1 saturated carbocycles. The summed E-state index contributed by atoms with van der Waals surface area (Å²) in [5.74, 6) is -0.0528. The van der Waals surface area contributed by atoms with Crippen LogP contribution in [0, 0.1) is 18.7 Å². The fourth-order valence-electron chi connectivity index (χ4n) is 3.19. The molecule has 0 saturated heterocycles. The molecule has 0 aromatic heterocycles. The van der Waals surface area contributed by atoms with E-state index < -0.39 is 0 Å². The molecule has 2 rings (SSSR count). The fraction of sp³-hybridized carbons (Fsp3) is 0.562. The first-order valence-electron chi connectivity index (χ1n) is 7.24. The second kappa shape index (κ2) is 5.92. The van der Waals surface area contributed by atoms with Gasteiger partial charge in [0.2, 0.25) is 0 Å². The van der Waals surface area contributed by atoms with Gasteiger partial charge in [-0.15, -0.1) is 0 Å². The summed E-state index contributed by atoms with van der Waals surface area (Å²) in [6.07, 6.45) is 4.04. The first-order chi connectivity index (χ1) is 9.44. The predicted octanol–water partition coefficient (Wildman–Crippen LogP) is 2.77. The number of hydrogen-bond donors (Lipinski definition) is 2. The van der Waals surface area contributed by atoms with Crippen molar-refractivity contribution in [1.82, 2.24) is 5.32 Å². The van der Waals surface area contributed by atoms with Gasteiger partial charge in [0.15, 0.2) is 0 Å². The fourth-order valence-corrected chi connectivity index (χ4v) is 3.19. The summed E-state index contributed by atoms with van der Waals surface area (Å²) in [6, 6.07) is 4.39. The van der Waals surface area contributed by atoms with E-state index >= 15 is 0 Å². The average Bonchev–Trinajstić information content (AvgIpc) is 2.37. The van der Waals surface area contributed by atoms with Crippen LogP contribution in [-0.4, -0.2) is 18.0 Å². The van der Waals surface area contributed by atoms with Gasteiger partial charge in [-0.1, -0.05) is 19.8 Å². The number of benzene rings is 1. The van der Waals surface area contributed by atoms with Crippen LogP contribution in [0.2, 0.25) is 0 Å². The molecule has 110 valence electrons. The first-order valence-corrected chi connectivity index (χ1v) is 7.24. The maximum atomic E-state index is 13.4. The molecule has 1 aliphatic carbocycles. The average molecular weight is 278 g/mol. The highest BCUT2D eigenvalue weighted by atomic mass is 19.1. The van der Waals surface area contributed by atoms with Gasteiger partial charge in [0.25, 0.3) is 5.91 Å². The van der Waals surface area contributed by atoms with Crippen LogP contribution in [0.25, 0.3) is 0 Å². The second-order valence-corrected chi connectivity index (χ2v) is 6.16. The van der Waals surface area contributed by atoms with Crippen molar-refractivity contribution in [3.8, 4) is 0 Å². The van der Waals surface area contributed by atoms with Crippen molar-refractivity contribution >= 4 is 5.91 Å². The van der Waals surface area contributed by atoms with Gasteiger partial charge in [-0.3, -0.25) is 4.79 Å². The SMILES string of the molecule is Cc1cc(F)cc(C(=O)NC2(CN)CCCC(C)C2)c1. The molecule has 2 atom stereocenters. The number of hydrogen-bond acceptors (Lipinski definition) is 2. The zero-order valence-electron chi connectivity index (χ0n) is 12.2. The molecule has 1 aliphatic rings. The summed E-state index contributed by atoms with van der Waals surface area (Å²) in [4.78, 5) is 12.4. The summed E-state index contributed by atoms with van der Waals surface area (Å²) >= 11 is 0. The van der Waals surface area contributed by atoms with Crippen LogP contribution in [0.3, 0.4) is 0 Å². The third-order valence-corrected chi connectivity index (χ3v) is 4.17. The Labute approximate surface area is 119 Å². The predicted molar refractivity (Wildman–Crippen MR) is 78.0 cm³/mol. The van der Waals surface area contributed by atoms with Crippen LogP contribution < -0.4 is 11.1 Å². The highest BCUT2D eigenvalue weighted by Crippen LogP contribution is 2.31. The van der Waals surface area contributed by atoms with E-state index in [1.165, 1.54) is 18.6 Å². The van der Waals surface area contributed by atoms with E-state index in [2.05, 4.69) is 12.2 Å². The Morgan fingerprint density at radius 2 is 2.25 bits per heavy atom. The van der Waals surface area contributed by atoms with Gasteiger partial charge >= 0.3 is 0 Å². The van der Waals surface area contributed by atoms with Crippen molar-refractivity contribution in [2.24, 2.45) is 11.7 Å². The van der Waals surface area contributed by atoms with Crippen LogP contribution in [0.1, 0.15) is 48.5 Å². The molecule has 0 spiro atoms. The quantitative estimate of drug-likeness (QED) is 0.893. The summed E-state index contributed by atoms with van der Waals surface area (Å²) in [7, 11) is 0. The molecular weight excluding hydrogens is 255 g/mol. The molecule has 1 fully saturated rings. The molecule has 20 heavy (non-hydrogen) atoms. The molecule has 0 aliphatic heterocycles. The Morgan fingerprint density at radius 1 is 1.50 bits per heavy atom. The third-order valence-electron chi connectivity index (χ3n) is 4.17. The van der Waals surface area contributed by atoms with Crippen molar-refractivity contribution in [3.05, 3.63) is 35.1 Å². The minimum Gasteiger partial charge on any atom is -0.345 e. The molecule has 1 aromatic rings. The van der Waals surface area contributed by atoms with Crippen LogP contribution in [-0.2, 0) is 0 Å². The van der Waals surface area contributed by atoms with E-state index in [1.54, 1.807) is 13.0 Å². The van der Waals surface area contributed by atoms with Gasteiger partial charge in [-0.2, -0.15) is 0 Å². The molecular formula is C16H23FN2O. The van der Waals surface area contributed by atoms with Gasteiger partial charge in [-0.25, -0.2) is 4.39 Å². The van der Waals surface area contributed by atoms with Crippen molar-refractivity contribution in [1.29, 1.82) is 0 Å². The van der Waals surface area contributed by atoms with Gasteiger partial charge in [-0.05, 0) is 49.4 Å². The van der Waals surface area contributed by atoms with Crippen LogP contribution >= 0.6 is 0 Å². The molecule has 4 heteroatoms. The number of aryl methyl sites for hydroxylation is 1. The van der Waals surface area contributed by atoms with Crippen molar-refractivity contribution < 1.29 is 9.18 Å². The topological polar surface area (TPSA) is 55.1 Å². The number of nitrogens with two attached hydrogens (primary N) is 1. The number of nitrogens with one attached hydrogen (secondary N) is 1. The lowest BCUT2D eigenvalue weighted by atomic mass is 9.76. The standard InChI is InChI=1S/C16H23FN2O/c1-11-4-3-5-16(9-11,10-18)19-15(20)13-6-12(2)7-14(17)8-13/h6-8,11H,3-5,9-10,18H2,1-2H3,(H,19,20). The van der Waals surface area contributed by atoms with E-state index in [1.807, 2.05) is 0 Å². The van der Waals surface area contributed by atoms with Gasteiger partial charge in [0.05, 0.1) is 5.54 Å². The lowest BCUT2D eigenvalue weighted by Crippen LogP contribution is -2.56. The molecule has 3 nitrogen and oxygen atoms in total. The molecule has 3 N–H and O–H groups in total. The Hall–Kier alpha value is -1.42. The number of carbonyl (C=O) groups is 1. The largest absolute Gasteiger partial charge is 0.345 e. The maximum Gasteiger partial charge on any atom is 0.251 e. The van der Waals surface area contributed by atoms with E-state index in [0.717, 1.165) is 24.8 Å². The van der Waals surface area contributed by atoms with Gasteiger partial charge in [0, 0.05) is 12.1 Å². The van der Waals surface area contributed by atoms with E-state index in [0.29, 0.717) is 18.0 Å². The molecule has 1 aromatic carbocycles. The molecule has 0 bridgehead atoms. The lowest BCUT2D eigenvalue weighted by molar-refractivity contribution is 0.0853. The molecule has 0 heterocycles. The number of carbonyl (C=O) groups excluding carboxylic acids is 1. The van der Waals surface area contributed by atoms with Crippen LogP contribution in [0.15, 0.2) is 18.2 Å². The Bertz CT molecular complexity index is 483. The lowest BCUT2D eigenvalue weighted by Gasteiger charge is -2.40. The van der Waals surface area contributed by atoms with Gasteiger partial charge < -0.3 is 11.1 Å². The van der Waals surface area contributed by atoms with Crippen molar-refractivity contribution in [3.63, 3.8) is 0 Å².